The lowest BCUT2D eigenvalue weighted by Crippen LogP contribution is -2.55. The number of aryl methyl sites for hydroxylation is 1. The van der Waals surface area contributed by atoms with E-state index in [1.54, 1.807) is 44.2 Å². The Morgan fingerprint density at radius 2 is 1.67 bits per heavy atom. The summed E-state index contributed by atoms with van der Waals surface area (Å²) < 4.78 is 26.4. The largest absolute Gasteiger partial charge is 0.350 e. The normalized spacial score (nSPS) is 12.7. The highest BCUT2D eigenvalue weighted by Crippen LogP contribution is 2.27. The summed E-state index contributed by atoms with van der Waals surface area (Å²) in [6, 6.07) is 8.75. The van der Waals surface area contributed by atoms with Gasteiger partial charge in [-0.3, -0.25) is 13.9 Å². The van der Waals surface area contributed by atoms with Crippen LogP contribution in [0.1, 0.15) is 45.2 Å². The smallest absolute Gasteiger partial charge is 0.244 e. The molecule has 2 amide bonds. The summed E-state index contributed by atoms with van der Waals surface area (Å²) in [5.41, 5.74) is 1.05. The van der Waals surface area contributed by atoms with Crippen LogP contribution in [0.2, 0.25) is 15.1 Å². The first-order valence-corrected chi connectivity index (χ1v) is 14.3. The third-order valence-corrected chi connectivity index (χ3v) is 7.50. The highest BCUT2D eigenvalue weighted by Gasteiger charge is 2.33. The standard InChI is InChI=1S/C25H32Cl3N3O4S/c1-7-22(24(33)29-25(3,4)5)30(14-17-9-10-18(26)12-21(17)28)23(32)15-31(36(6,34)35)19-11-8-16(2)20(27)13-19/h8-13,22H,7,14-15H2,1-6H3,(H,29,33)/t22-/m1/s1. The van der Waals surface area contributed by atoms with Gasteiger partial charge in [0.25, 0.3) is 0 Å². The molecule has 0 radical (unpaired) electrons. The third kappa shape index (κ3) is 8.26. The molecule has 2 aromatic rings. The minimum Gasteiger partial charge on any atom is -0.350 e. The maximum atomic E-state index is 13.7. The second-order valence-corrected chi connectivity index (χ2v) is 12.8. The molecule has 36 heavy (non-hydrogen) atoms. The molecule has 11 heteroatoms. The molecule has 0 heterocycles. The minimum absolute atomic E-state index is 0.0167. The molecule has 0 spiro atoms. The monoisotopic (exact) mass is 575 g/mol. The molecule has 2 aromatic carbocycles. The number of sulfonamides is 1. The predicted molar refractivity (Wildman–Crippen MR) is 147 cm³/mol. The van der Waals surface area contributed by atoms with E-state index in [-0.39, 0.29) is 18.1 Å². The van der Waals surface area contributed by atoms with Crippen molar-refractivity contribution in [2.45, 2.75) is 59.2 Å². The van der Waals surface area contributed by atoms with Crippen LogP contribution in [0.4, 0.5) is 5.69 Å². The zero-order chi connectivity index (χ0) is 27.4. The van der Waals surface area contributed by atoms with Gasteiger partial charge < -0.3 is 10.2 Å². The molecule has 2 rings (SSSR count). The first kappa shape index (κ1) is 30.2. The molecule has 7 nitrogen and oxygen atoms in total. The summed E-state index contributed by atoms with van der Waals surface area (Å²) >= 11 is 18.6. The number of amides is 2. The number of carbonyl (C=O) groups is 2. The van der Waals surface area contributed by atoms with Crippen molar-refractivity contribution in [2.24, 2.45) is 0 Å². The number of rotatable bonds is 9. The van der Waals surface area contributed by atoms with E-state index in [0.717, 1.165) is 16.1 Å². The van der Waals surface area contributed by atoms with E-state index >= 15 is 0 Å². The topological polar surface area (TPSA) is 86.8 Å². The maximum Gasteiger partial charge on any atom is 0.244 e. The van der Waals surface area contributed by atoms with Crippen LogP contribution in [-0.2, 0) is 26.2 Å². The molecule has 1 N–H and O–H groups in total. The van der Waals surface area contributed by atoms with Crippen molar-refractivity contribution < 1.29 is 18.0 Å². The van der Waals surface area contributed by atoms with Gasteiger partial charge in [-0.25, -0.2) is 8.42 Å². The van der Waals surface area contributed by atoms with E-state index in [0.29, 0.717) is 27.1 Å². The Morgan fingerprint density at radius 3 is 2.17 bits per heavy atom. The Bertz CT molecular complexity index is 1230. The summed E-state index contributed by atoms with van der Waals surface area (Å²) in [5, 5.41) is 4.04. The lowest BCUT2D eigenvalue weighted by molar-refractivity contribution is -0.141. The second kappa shape index (κ2) is 12.0. The summed E-state index contributed by atoms with van der Waals surface area (Å²) in [4.78, 5) is 28.3. The van der Waals surface area contributed by atoms with Crippen molar-refractivity contribution in [1.82, 2.24) is 10.2 Å². The van der Waals surface area contributed by atoms with E-state index in [4.69, 9.17) is 34.8 Å². The number of anilines is 1. The van der Waals surface area contributed by atoms with Crippen LogP contribution < -0.4 is 9.62 Å². The number of nitrogens with zero attached hydrogens (tertiary/aromatic N) is 2. The first-order valence-electron chi connectivity index (χ1n) is 11.3. The third-order valence-electron chi connectivity index (χ3n) is 5.36. The molecule has 0 aromatic heterocycles. The molecular weight excluding hydrogens is 545 g/mol. The van der Waals surface area contributed by atoms with E-state index in [1.165, 1.54) is 11.0 Å². The van der Waals surface area contributed by atoms with Gasteiger partial charge in [-0.05, 0) is 69.5 Å². The number of hydrogen-bond acceptors (Lipinski definition) is 4. The van der Waals surface area contributed by atoms with E-state index in [9.17, 15) is 18.0 Å². The molecule has 0 aliphatic heterocycles. The van der Waals surface area contributed by atoms with Crippen LogP contribution in [0.15, 0.2) is 36.4 Å². The maximum absolute atomic E-state index is 13.7. The van der Waals surface area contributed by atoms with E-state index in [2.05, 4.69) is 5.32 Å². The average Bonchev–Trinajstić information content (AvgIpc) is 2.73. The van der Waals surface area contributed by atoms with Gasteiger partial charge in [-0.15, -0.1) is 0 Å². The number of benzene rings is 2. The zero-order valence-corrected chi connectivity index (χ0v) is 24.3. The molecule has 0 unspecified atom stereocenters. The first-order chi connectivity index (χ1) is 16.5. The molecule has 0 bridgehead atoms. The molecule has 0 fully saturated rings. The fourth-order valence-electron chi connectivity index (χ4n) is 3.56. The van der Waals surface area contributed by atoms with Gasteiger partial charge in [0.1, 0.15) is 12.6 Å². The molecule has 0 aliphatic carbocycles. The van der Waals surface area contributed by atoms with Crippen molar-refractivity contribution in [1.29, 1.82) is 0 Å². The molecular formula is C25H32Cl3N3O4S. The van der Waals surface area contributed by atoms with E-state index < -0.39 is 34.1 Å². The Labute approximate surface area is 228 Å². The number of hydrogen-bond donors (Lipinski definition) is 1. The van der Waals surface area contributed by atoms with Crippen molar-refractivity contribution in [2.75, 3.05) is 17.1 Å². The Morgan fingerprint density at radius 1 is 1.03 bits per heavy atom. The van der Waals surface area contributed by atoms with Crippen LogP contribution in [0.25, 0.3) is 0 Å². The zero-order valence-electron chi connectivity index (χ0n) is 21.2. The average molecular weight is 577 g/mol. The fourth-order valence-corrected chi connectivity index (χ4v) is 5.04. The van der Waals surface area contributed by atoms with Gasteiger partial charge in [0.15, 0.2) is 0 Å². The number of halogens is 3. The summed E-state index contributed by atoms with van der Waals surface area (Å²) in [6.45, 7) is 8.55. The number of carbonyl (C=O) groups excluding carboxylic acids is 2. The summed E-state index contributed by atoms with van der Waals surface area (Å²) in [7, 11) is -3.86. The fraction of sp³-hybridized carbons (Fsp3) is 0.440. The molecule has 0 saturated carbocycles. The van der Waals surface area contributed by atoms with Gasteiger partial charge in [-0.2, -0.15) is 0 Å². The lowest BCUT2D eigenvalue weighted by Gasteiger charge is -2.34. The van der Waals surface area contributed by atoms with Gasteiger partial charge >= 0.3 is 0 Å². The molecule has 198 valence electrons. The van der Waals surface area contributed by atoms with Crippen molar-refractivity contribution in [3.63, 3.8) is 0 Å². The van der Waals surface area contributed by atoms with Gasteiger partial charge in [0.2, 0.25) is 21.8 Å². The van der Waals surface area contributed by atoms with Gasteiger partial charge in [0.05, 0.1) is 11.9 Å². The highest BCUT2D eigenvalue weighted by atomic mass is 35.5. The minimum atomic E-state index is -3.86. The van der Waals surface area contributed by atoms with Crippen LogP contribution in [0.5, 0.6) is 0 Å². The predicted octanol–water partition coefficient (Wildman–Crippen LogP) is 5.44. The molecule has 0 saturated heterocycles. The van der Waals surface area contributed by atoms with Crippen LogP contribution in [0, 0.1) is 6.92 Å². The van der Waals surface area contributed by atoms with E-state index in [1.807, 2.05) is 20.8 Å². The lowest BCUT2D eigenvalue weighted by atomic mass is 10.1. The second-order valence-electron chi connectivity index (χ2n) is 9.62. The summed E-state index contributed by atoms with van der Waals surface area (Å²) in [5.74, 6) is -0.924. The Hall–Kier alpha value is -2.00. The van der Waals surface area contributed by atoms with Crippen molar-refractivity contribution in [3.05, 3.63) is 62.6 Å². The summed E-state index contributed by atoms with van der Waals surface area (Å²) in [6.07, 6.45) is 1.31. The van der Waals surface area contributed by atoms with Crippen LogP contribution in [0.3, 0.4) is 0 Å². The van der Waals surface area contributed by atoms with Crippen molar-refractivity contribution >= 4 is 62.3 Å². The SMILES string of the molecule is CC[C@H](C(=O)NC(C)(C)C)N(Cc1ccc(Cl)cc1Cl)C(=O)CN(c1ccc(C)c(Cl)c1)S(C)(=O)=O. The molecule has 0 aliphatic rings. The van der Waals surface area contributed by atoms with Gasteiger partial charge in [-0.1, -0.05) is 53.9 Å². The van der Waals surface area contributed by atoms with Crippen LogP contribution in [-0.4, -0.2) is 49.5 Å². The van der Waals surface area contributed by atoms with Crippen molar-refractivity contribution in [3.8, 4) is 0 Å². The Balaban J connectivity index is 2.52. The van der Waals surface area contributed by atoms with Crippen LogP contribution >= 0.6 is 34.8 Å². The Kier molecular flexibility index (Phi) is 10.1. The molecule has 1 atom stereocenters. The quantitative estimate of drug-likeness (QED) is 0.430. The number of nitrogens with one attached hydrogen (secondary N) is 1. The highest BCUT2D eigenvalue weighted by molar-refractivity contribution is 7.92. The van der Waals surface area contributed by atoms with Gasteiger partial charge in [0, 0.05) is 27.2 Å².